The van der Waals surface area contributed by atoms with Crippen LogP contribution >= 0.6 is 22.9 Å². The van der Waals surface area contributed by atoms with Gasteiger partial charge in [0.1, 0.15) is 0 Å². The molecule has 6 nitrogen and oxygen atoms in total. The number of amides is 2. The minimum Gasteiger partial charge on any atom is -0.351 e. The minimum absolute atomic E-state index is 0.0365. The fraction of sp³-hybridized carbons (Fsp3) is 0.269. The Morgan fingerprint density at radius 1 is 1.15 bits per heavy atom. The molecule has 1 aromatic heterocycles. The lowest BCUT2D eigenvalue weighted by atomic mass is 10.1. The van der Waals surface area contributed by atoms with Gasteiger partial charge in [-0.3, -0.25) is 19.4 Å². The first-order valence-electron chi connectivity index (χ1n) is 11.3. The Hall–Kier alpha value is -3.00. The van der Waals surface area contributed by atoms with Crippen molar-refractivity contribution in [2.45, 2.75) is 25.8 Å². The van der Waals surface area contributed by atoms with Gasteiger partial charge >= 0.3 is 0 Å². The zero-order chi connectivity index (χ0) is 23.9. The molecule has 0 aliphatic carbocycles. The number of aromatic nitrogens is 1. The average Bonchev–Trinajstić information content (AvgIpc) is 3.52. The van der Waals surface area contributed by atoms with Crippen LogP contribution in [0.15, 0.2) is 66.1 Å². The third-order valence-corrected chi connectivity index (χ3v) is 6.94. The van der Waals surface area contributed by atoms with E-state index in [9.17, 15) is 9.59 Å². The van der Waals surface area contributed by atoms with Gasteiger partial charge in [0.25, 0.3) is 0 Å². The van der Waals surface area contributed by atoms with Crippen LogP contribution in [-0.2, 0) is 9.59 Å². The Labute approximate surface area is 208 Å². The third-order valence-electron chi connectivity index (χ3n) is 5.75. The molecule has 1 atom stereocenters. The largest absolute Gasteiger partial charge is 0.351 e. The molecule has 0 spiro atoms. The lowest BCUT2D eigenvalue weighted by Crippen LogP contribution is -2.36. The van der Waals surface area contributed by atoms with E-state index in [-0.39, 0.29) is 17.9 Å². The van der Waals surface area contributed by atoms with E-state index in [1.54, 1.807) is 11.0 Å². The molecule has 0 radical (unpaired) electrons. The number of halogens is 1. The first-order valence-corrected chi connectivity index (χ1v) is 12.5. The second kappa shape index (κ2) is 11.4. The molecule has 3 aromatic rings. The molecule has 176 valence electrons. The van der Waals surface area contributed by atoms with Crippen LogP contribution in [0.3, 0.4) is 0 Å². The molecule has 0 saturated carbocycles. The monoisotopic (exact) mass is 494 g/mol. The number of carbonyl (C=O) groups excluding carboxylic acids is 2. The number of anilines is 2. The molecule has 1 saturated heterocycles. The summed E-state index contributed by atoms with van der Waals surface area (Å²) in [5, 5.41) is 6.12. The number of benzene rings is 2. The molecule has 2 aromatic carbocycles. The summed E-state index contributed by atoms with van der Waals surface area (Å²) in [5.41, 5.74) is 2.41. The van der Waals surface area contributed by atoms with Crippen LogP contribution in [0.4, 0.5) is 10.8 Å². The summed E-state index contributed by atoms with van der Waals surface area (Å²) in [6.07, 6.45) is 5.45. The molecule has 1 aliphatic rings. The molecular weight excluding hydrogens is 468 g/mol. The topological polar surface area (TPSA) is 65.5 Å². The molecule has 1 fully saturated rings. The van der Waals surface area contributed by atoms with Crippen molar-refractivity contribution in [3.05, 3.63) is 82.3 Å². The Morgan fingerprint density at radius 2 is 1.85 bits per heavy atom. The van der Waals surface area contributed by atoms with Crippen LogP contribution in [0.2, 0.25) is 5.02 Å². The predicted molar refractivity (Wildman–Crippen MR) is 138 cm³/mol. The van der Waals surface area contributed by atoms with E-state index >= 15 is 0 Å². The Bertz CT molecular complexity index is 1160. The highest BCUT2D eigenvalue weighted by molar-refractivity contribution is 7.14. The first kappa shape index (κ1) is 24.1. The molecule has 2 heterocycles. The number of rotatable bonds is 8. The summed E-state index contributed by atoms with van der Waals surface area (Å²) in [4.78, 5) is 33.3. The van der Waals surface area contributed by atoms with Gasteiger partial charge in [0.05, 0.1) is 17.4 Å². The summed E-state index contributed by atoms with van der Waals surface area (Å²) in [6, 6.07) is 17.2. The maximum atomic E-state index is 12.6. The lowest BCUT2D eigenvalue weighted by Gasteiger charge is -2.28. The zero-order valence-electron chi connectivity index (χ0n) is 19.0. The van der Waals surface area contributed by atoms with Gasteiger partial charge in [-0.15, -0.1) is 11.3 Å². The van der Waals surface area contributed by atoms with E-state index in [2.05, 4.69) is 15.2 Å². The van der Waals surface area contributed by atoms with Crippen LogP contribution in [-0.4, -0.2) is 41.3 Å². The standard InChI is InChI=1S/C26H27ClN4O2S/c1-19(32)31(21-9-3-2-4-10-21)26-29-20(18-34-26)13-14-25(33)28-17-24(30-15-7-8-16-30)22-11-5-6-12-23(22)27/h2-6,9-14,18,24H,7-8,15-17H2,1H3,(H,28,33). The maximum Gasteiger partial charge on any atom is 0.244 e. The summed E-state index contributed by atoms with van der Waals surface area (Å²) >= 11 is 7.82. The lowest BCUT2D eigenvalue weighted by molar-refractivity contribution is -0.117. The van der Waals surface area contributed by atoms with Crippen LogP contribution < -0.4 is 10.2 Å². The van der Waals surface area contributed by atoms with Crippen molar-refractivity contribution < 1.29 is 9.59 Å². The molecule has 8 heteroatoms. The van der Waals surface area contributed by atoms with Crippen molar-refractivity contribution in [3.8, 4) is 0 Å². The van der Waals surface area contributed by atoms with Crippen molar-refractivity contribution in [1.82, 2.24) is 15.2 Å². The van der Waals surface area contributed by atoms with Crippen molar-refractivity contribution in [2.24, 2.45) is 0 Å². The van der Waals surface area contributed by atoms with Crippen LogP contribution in [0, 0.1) is 0 Å². The van der Waals surface area contributed by atoms with E-state index in [1.165, 1.54) is 24.3 Å². The number of nitrogens with one attached hydrogen (secondary N) is 1. The fourth-order valence-electron chi connectivity index (χ4n) is 4.11. The Kier molecular flexibility index (Phi) is 8.11. The number of para-hydroxylation sites is 1. The third kappa shape index (κ3) is 5.91. The van der Waals surface area contributed by atoms with E-state index in [0.717, 1.165) is 37.2 Å². The van der Waals surface area contributed by atoms with Crippen LogP contribution in [0.1, 0.15) is 37.1 Å². The van der Waals surface area contributed by atoms with E-state index in [0.29, 0.717) is 22.4 Å². The van der Waals surface area contributed by atoms with E-state index in [1.807, 2.05) is 60.0 Å². The van der Waals surface area contributed by atoms with E-state index < -0.39 is 0 Å². The molecule has 0 bridgehead atoms. The van der Waals surface area contributed by atoms with Crippen molar-refractivity contribution in [3.63, 3.8) is 0 Å². The SMILES string of the molecule is CC(=O)N(c1ccccc1)c1nc(C=CC(=O)NCC(c2ccccc2Cl)N2CCCC2)cs1. The molecule has 2 amide bonds. The Balaban J connectivity index is 1.41. The van der Waals surface area contributed by atoms with Crippen LogP contribution in [0.5, 0.6) is 0 Å². The summed E-state index contributed by atoms with van der Waals surface area (Å²) in [6.45, 7) is 3.98. The van der Waals surface area contributed by atoms with Crippen molar-refractivity contribution in [1.29, 1.82) is 0 Å². The molecule has 4 rings (SSSR count). The van der Waals surface area contributed by atoms with Gasteiger partial charge < -0.3 is 5.32 Å². The highest BCUT2D eigenvalue weighted by Crippen LogP contribution is 2.30. The fourth-order valence-corrected chi connectivity index (χ4v) is 5.23. The number of hydrogen-bond donors (Lipinski definition) is 1. The van der Waals surface area contributed by atoms with Gasteiger partial charge in [0, 0.05) is 29.9 Å². The Morgan fingerprint density at radius 3 is 2.56 bits per heavy atom. The number of likely N-dealkylation sites (tertiary alicyclic amines) is 1. The molecule has 1 aliphatic heterocycles. The molecule has 1 N–H and O–H groups in total. The highest BCUT2D eigenvalue weighted by Gasteiger charge is 2.25. The van der Waals surface area contributed by atoms with Crippen LogP contribution in [0.25, 0.3) is 6.08 Å². The summed E-state index contributed by atoms with van der Waals surface area (Å²) in [7, 11) is 0. The minimum atomic E-state index is -0.197. The number of carbonyl (C=O) groups is 2. The second-order valence-electron chi connectivity index (χ2n) is 8.10. The van der Waals surface area contributed by atoms with Gasteiger partial charge in [-0.05, 0) is 55.8 Å². The van der Waals surface area contributed by atoms with Gasteiger partial charge in [-0.25, -0.2) is 4.98 Å². The zero-order valence-corrected chi connectivity index (χ0v) is 20.6. The molecule has 1 unspecified atom stereocenters. The molecule has 34 heavy (non-hydrogen) atoms. The smallest absolute Gasteiger partial charge is 0.244 e. The number of thiazole rings is 1. The summed E-state index contributed by atoms with van der Waals surface area (Å²) in [5.74, 6) is -0.321. The van der Waals surface area contributed by atoms with Gasteiger partial charge in [0.2, 0.25) is 11.8 Å². The second-order valence-corrected chi connectivity index (χ2v) is 9.35. The predicted octanol–water partition coefficient (Wildman–Crippen LogP) is 5.45. The highest BCUT2D eigenvalue weighted by atomic mass is 35.5. The quantitative estimate of drug-likeness (QED) is 0.423. The van der Waals surface area contributed by atoms with E-state index in [4.69, 9.17) is 11.6 Å². The van der Waals surface area contributed by atoms with Gasteiger partial charge in [-0.1, -0.05) is 48.0 Å². The van der Waals surface area contributed by atoms with Gasteiger partial charge in [-0.2, -0.15) is 0 Å². The number of hydrogen-bond acceptors (Lipinski definition) is 5. The first-order chi connectivity index (χ1) is 16.5. The van der Waals surface area contributed by atoms with Crippen molar-refractivity contribution in [2.75, 3.05) is 24.5 Å². The number of nitrogens with zero attached hydrogens (tertiary/aromatic N) is 3. The average molecular weight is 495 g/mol. The normalized spacial score (nSPS) is 14.9. The van der Waals surface area contributed by atoms with Crippen molar-refractivity contribution >= 4 is 51.6 Å². The summed E-state index contributed by atoms with van der Waals surface area (Å²) < 4.78 is 0. The molecular formula is C26H27ClN4O2S. The van der Waals surface area contributed by atoms with Gasteiger partial charge in [0.15, 0.2) is 5.13 Å². The maximum absolute atomic E-state index is 12.6.